The molecule has 1 aromatic carbocycles. The second-order valence-corrected chi connectivity index (χ2v) is 5.07. The van der Waals surface area contributed by atoms with Crippen LogP contribution in [-0.4, -0.2) is 45.2 Å². The monoisotopic (exact) mass is 287 g/mol. The van der Waals surface area contributed by atoms with Crippen LogP contribution in [0.1, 0.15) is 11.8 Å². The molecular weight excluding hydrogens is 270 g/mol. The molecule has 0 saturated carbocycles. The zero-order valence-electron chi connectivity index (χ0n) is 11.3. The van der Waals surface area contributed by atoms with Gasteiger partial charge in [-0.3, -0.25) is 0 Å². The maximum Gasteiger partial charge on any atom is 0.128 e. The molecule has 3 rings (SSSR count). The first-order valence-electron chi connectivity index (χ1n) is 6.85. The Kier molecular flexibility index (Phi) is 3.98. The summed E-state index contributed by atoms with van der Waals surface area (Å²) in [6.07, 6.45) is -3.73. The Balaban J connectivity index is 1.90. The number of nitrogens with zero attached hydrogens (tertiary/aromatic N) is 1. The highest BCUT2D eigenvalue weighted by Gasteiger charge is 2.43. The molecule has 2 heterocycles. The van der Waals surface area contributed by atoms with Gasteiger partial charge in [-0.05, 0) is 12.1 Å². The lowest BCUT2D eigenvalue weighted by Crippen LogP contribution is -2.32. The Labute approximate surface area is 122 Å². The van der Waals surface area contributed by atoms with E-state index < -0.39 is 24.4 Å². The molecule has 1 fully saturated rings. The van der Waals surface area contributed by atoms with Gasteiger partial charge < -0.3 is 20.1 Å². The number of aromatic nitrogens is 1. The number of aliphatic hydroxyl groups is 3. The minimum atomic E-state index is -1.11. The first kappa shape index (κ1) is 14.2. The van der Waals surface area contributed by atoms with E-state index in [1.807, 2.05) is 42.5 Å². The Bertz CT molecular complexity index is 604. The van der Waals surface area contributed by atoms with Gasteiger partial charge in [0.1, 0.15) is 24.4 Å². The lowest BCUT2D eigenvalue weighted by molar-refractivity contribution is -0.0239. The van der Waals surface area contributed by atoms with E-state index >= 15 is 0 Å². The quantitative estimate of drug-likeness (QED) is 0.781. The topological polar surface area (TPSA) is 82.8 Å². The third-order valence-corrected chi connectivity index (χ3v) is 3.67. The molecule has 110 valence electrons. The summed E-state index contributed by atoms with van der Waals surface area (Å²) in [6, 6.07) is 15.1. The first-order chi connectivity index (χ1) is 10.2. The summed E-state index contributed by atoms with van der Waals surface area (Å²) in [6.45, 7) is -0.340. The van der Waals surface area contributed by atoms with Crippen LogP contribution < -0.4 is 0 Å². The van der Waals surface area contributed by atoms with E-state index in [9.17, 15) is 10.2 Å². The number of rotatable bonds is 3. The van der Waals surface area contributed by atoms with Crippen LogP contribution in [0.4, 0.5) is 0 Å². The molecule has 1 saturated heterocycles. The van der Waals surface area contributed by atoms with E-state index in [1.54, 1.807) is 6.07 Å². The van der Waals surface area contributed by atoms with Crippen molar-refractivity contribution in [2.75, 3.05) is 6.61 Å². The van der Waals surface area contributed by atoms with Crippen molar-refractivity contribution in [2.24, 2.45) is 0 Å². The normalized spacial score (nSPS) is 28.7. The fourth-order valence-corrected chi connectivity index (χ4v) is 2.52. The number of ether oxygens (including phenoxy) is 1. The van der Waals surface area contributed by atoms with Crippen LogP contribution in [-0.2, 0) is 4.74 Å². The minimum Gasteiger partial charge on any atom is -0.394 e. The van der Waals surface area contributed by atoms with Gasteiger partial charge in [-0.15, -0.1) is 0 Å². The second kappa shape index (κ2) is 5.91. The predicted molar refractivity (Wildman–Crippen MR) is 76.4 cm³/mol. The maximum absolute atomic E-state index is 10.0. The van der Waals surface area contributed by atoms with E-state index in [0.29, 0.717) is 5.69 Å². The third kappa shape index (κ3) is 2.69. The highest BCUT2D eigenvalue weighted by atomic mass is 16.6. The van der Waals surface area contributed by atoms with Crippen LogP contribution in [0, 0.1) is 0 Å². The van der Waals surface area contributed by atoms with Crippen LogP contribution >= 0.6 is 0 Å². The van der Waals surface area contributed by atoms with Gasteiger partial charge in [-0.1, -0.05) is 36.4 Å². The molecule has 1 aliphatic heterocycles. The van der Waals surface area contributed by atoms with Gasteiger partial charge in [0, 0.05) is 5.56 Å². The van der Waals surface area contributed by atoms with Crippen molar-refractivity contribution in [3.05, 3.63) is 54.2 Å². The molecule has 1 aliphatic rings. The van der Waals surface area contributed by atoms with E-state index in [-0.39, 0.29) is 6.61 Å². The molecule has 5 nitrogen and oxygen atoms in total. The lowest BCUT2D eigenvalue weighted by Gasteiger charge is -2.15. The summed E-state index contributed by atoms with van der Waals surface area (Å²) in [5.41, 5.74) is 2.27. The van der Waals surface area contributed by atoms with Crippen LogP contribution in [0.3, 0.4) is 0 Å². The van der Waals surface area contributed by atoms with Gasteiger partial charge in [0.05, 0.1) is 18.0 Å². The lowest BCUT2D eigenvalue weighted by atomic mass is 10.0. The molecule has 0 spiro atoms. The molecule has 1 aromatic heterocycles. The number of aliphatic hydroxyl groups excluding tert-OH is 3. The highest BCUT2D eigenvalue weighted by Crippen LogP contribution is 2.33. The summed E-state index contributed by atoms with van der Waals surface area (Å²) in [7, 11) is 0. The Morgan fingerprint density at radius 3 is 2.38 bits per heavy atom. The van der Waals surface area contributed by atoms with Gasteiger partial charge in [0.15, 0.2) is 0 Å². The molecule has 4 atom stereocenters. The molecule has 0 radical (unpaired) electrons. The van der Waals surface area contributed by atoms with Gasteiger partial charge in [-0.25, -0.2) is 4.98 Å². The zero-order chi connectivity index (χ0) is 14.8. The van der Waals surface area contributed by atoms with Crippen molar-refractivity contribution in [3.63, 3.8) is 0 Å². The van der Waals surface area contributed by atoms with Crippen LogP contribution in [0.25, 0.3) is 11.3 Å². The zero-order valence-corrected chi connectivity index (χ0v) is 11.3. The maximum atomic E-state index is 10.0. The Morgan fingerprint density at radius 2 is 1.71 bits per heavy atom. The summed E-state index contributed by atoms with van der Waals surface area (Å²) < 4.78 is 5.50. The molecular formula is C16H17NO4. The van der Waals surface area contributed by atoms with Crippen molar-refractivity contribution in [1.29, 1.82) is 0 Å². The number of benzene rings is 1. The molecule has 2 aromatic rings. The Hall–Kier alpha value is -1.79. The van der Waals surface area contributed by atoms with E-state index in [4.69, 9.17) is 9.84 Å². The predicted octanol–water partition coefficient (Wildman–Crippen LogP) is 0.903. The molecule has 3 N–H and O–H groups in total. The van der Waals surface area contributed by atoms with Crippen molar-refractivity contribution in [3.8, 4) is 11.3 Å². The van der Waals surface area contributed by atoms with Gasteiger partial charge in [0.25, 0.3) is 0 Å². The summed E-state index contributed by atoms with van der Waals surface area (Å²) in [5, 5.41) is 29.0. The SMILES string of the molecule is OC[C@H]1O[C@@H](c2cccc(-c3ccccc3)n2)[C@H](O)[C@@H]1O. The van der Waals surface area contributed by atoms with Crippen LogP contribution in [0.2, 0.25) is 0 Å². The number of hydrogen-bond acceptors (Lipinski definition) is 5. The number of pyridine rings is 1. The fourth-order valence-electron chi connectivity index (χ4n) is 2.52. The van der Waals surface area contributed by atoms with Gasteiger partial charge >= 0.3 is 0 Å². The molecule has 0 amide bonds. The van der Waals surface area contributed by atoms with Crippen molar-refractivity contribution >= 4 is 0 Å². The van der Waals surface area contributed by atoms with E-state index in [0.717, 1.165) is 11.3 Å². The smallest absolute Gasteiger partial charge is 0.128 e. The summed E-state index contributed by atoms with van der Waals surface area (Å²) >= 11 is 0. The standard InChI is InChI=1S/C16H17NO4/c18-9-13-14(19)15(20)16(21-13)12-8-4-7-11(17-12)10-5-2-1-3-6-10/h1-8,13-16,18-20H,9H2/t13-,14-,15-,16+/m1/s1. The largest absolute Gasteiger partial charge is 0.394 e. The summed E-state index contributed by atoms with van der Waals surface area (Å²) in [5.74, 6) is 0. The van der Waals surface area contributed by atoms with E-state index in [2.05, 4.69) is 4.98 Å². The van der Waals surface area contributed by atoms with Gasteiger partial charge in [-0.2, -0.15) is 0 Å². The van der Waals surface area contributed by atoms with Crippen molar-refractivity contribution in [2.45, 2.75) is 24.4 Å². The first-order valence-corrected chi connectivity index (χ1v) is 6.85. The molecule has 5 heteroatoms. The third-order valence-electron chi connectivity index (χ3n) is 3.67. The van der Waals surface area contributed by atoms with Crippen molar-refractivity contribution in [1.82, 2.24) is 4.98 Å². The molecule has 0 aliphatic carbocycles. The fraction of sp³-hybridized carbons (Fsp3) is 0.312. The second-order valence-electron chi connectivity index (χ2n) is 5.07. The molecule has 21 heavy (non-hydrogen) atoms. The van der Waals surface area contributed by atoms with Crippen LogP contribution in [0.5, 0.6) is 0 Å². The average molecular weight is 287 g/mol. The van der Waals surface area contributed by atoms with E-state index in [1.165, 1.54) is 0 Å². The molecule has 0 unspecified atom stereocenters. The Morgan fingerprint density at radius 1 is 0.952 bits per heavy atom. The minimum absolute atomic E-state index is 0.340. The number of hydrogen-bond donors (Lipinski definition) is 3. The highest BCUT2D eigenvalue weighted by molar-refractivity contribution is 5.58. The summed E-state index contributed by atoms with van der Waals surface area (Å²) in [4.78, 5) is 4.50. The van der Waals surface area contributed by atoms with Gasteiger partial charge in [0.2, 0.25) is 0 Å². The average Bonchev–Trinajstić information content (AvgIpc) is 2.84. The van der Waals surface area contributed by atoms with Crippen LogP contribution in [0.15, 0.2) is 48.5 Å². The molecule has 0 bridgehead atoms. The van der Waals surface area contributed by atoms with Crippen molar-refractivity contribution < 1.29 is 20.1 Å².